The number of carbonyl (C=O) groups is 1. The van der Waals surface area contributed by atoms with Crippen molar-refractivity contribution < 1.29 is 4.79 Å². The number of thiophene rings is 1. The van der Waals surface area contributed by atoms with E-state index in [1.807, 2.05) is 66.6 Å². The van der Waals surface area contributed by atoms with Gasteiger partial charge < -0.3 is 4.90 Å². The van der Waals surface area contributed by atoms with E-state index >= 15 is 0 Å². The van der Waals surface area contributed by atoms with Gasteiger partial charge in [0, 0.05) is 24.0 Å². The van der Waals surface area contributed by atoms with Crippen LogP contribution < -0.4 is 5.56 Å². The summed E-state index contributed by atoms with van der Waals surface area (Å²) < 4.78 is 2.43. The van der Waals surface area contributed by atoms with Crippen molar-refractivity contribution in [1.82, 2.24) is 14.5 Å². The SMILES string of the molecule is CCN(CC)C(=O)Cc1cc(-c2ccccc2)c(=O)n2ncc3ccsc3c12. The number of amides is 1. The van der Waals surface area contributed by atoms with E-state index in [1.165, 1.54) is 4.52 Å². The molecule has 3 heterocycles. The zero-order valence-corrected chi connectivity index (χ0v) is 16.7. The summed E-state index contributed by atoms with van der Waals surface area (Å²) in [5, 5.41) is 7.37. The van der Waals surface area contributed by atoms with E-state index in [-0.39, 0.29) is 17.9 Å². The predicted molar refractivity (Wildman–Crippen MR) is 114 cm³/mol. The number of benzene rings is 1. The van der Waals surface area contributed by atoms with Gasteiger partial charge in [0.2, 0.25) is 5.91 Å². The third-order valence-corrected chi connectivity index (χ3v) is 5.96. The predicted octanol–water partition coefficient (Wildman–Crippen LogP) is 3.99. The molecule has 4 rings (SSSR count). The van der Waals surface area contributed by atoms with E-state index in [9.17, 15) is 9.59 Å². The fourth-order valence-electron chi connectivity index (χ4n) is 3.55. The molecule has 0 aliphatic rings. The molecule has 0 aliphatic heterocycles. The minimum atomic E-state index is -0.171. The van der Waals surface area contributed by atoms with Crippen molar-refractivity contribution in [2.24, 2.45) is 0 Å². The van der Waals surface area contributed by atoms with Crippen molar-refractivity contribution in [2.45, 2.75) is 20.3 Å². The number of likely N-dealkylation sites (N-methyl/N-ethyl adjacent to an activating group) is 1. The van der Waals surface area contributed by atoms with Gasteiger partial charge in [0.1, 0.15) is 0 Å². The maximum Gasteiger partial charge on any atom is 0.279 e. The lowest BCUT2D eigenvalue weighted by atomic mass is 10.0. The van der Waals surface area contributed by atoms with Crippen molar-refractivity contribution in [3.05, 3.63) is 70.0 Å². The Kier molecular flexibility index (Phi) is 4.96. The molecule has 0 saturated carbocycles. The molecule has 0 aliphatic carbocycles. The van der Waals surface area contributed by atoms with Crippen LogP contribution in [0.4, 0.5) is 0 Å². The Morgan fingerprint density at radius 2 is 1.89 bits per heavy atom. The van der Waals surface area contributed by atoms with Crippen LogP contribution in [0.5, 0.6) is 0 Å². The molecule has 3 aromatic heterocycles. The lowest BCUT2D eigenvalue weighted by molar-refractivity contribution is -0.130. The van der Waals surface area contributed by atoms with Crippen molar-refractivity contribution in [3.8, 4) is 11.1 Å². The van der Waals surface area contributed by atoms with Crippen molar-refractivity contribution in [2.75, 3.05) is 13.1 Å². The first kappa shape index (κ1) is 18.4. The second-order valence-electron chi connectivity index (χ2n) is 6.61. The average Bonchev–Trinajstić information content (AvgIpc) is 3.20. The van der Waals surface area contributed by atoms with E-state index < -0.39 is 0 Å². The van der Waals surface area contributed by atoms with E-state index in [0.29, 0.717) is 18.7 Å². The van der Waals surface area contributed by atoms with Gasteiger partial charge in [-0.25, -0.2) is 0 Å². The molecule has 0 saturated heterocycles. The van der Waals surface area contributed by atoms with Gasteiger partial charge in [0.05, 0.1) is 22.8 Å². The molecule has 28 heavy (non-hydrogen) atoms. The number of carbonyl (C=O) groups excluding carboxylic acids is 1. The van der Waals surface area contributed by atoms with Gasteiger partial charge in [-0.05, 0) is 42.5 Å². The quantitative estimate of drug-likeness (QED) is 0.517. The molecule has 1 amide bonds. The van der Waals surface area contributed by atoms with Crippen LogP contribution in [0.15, 0.2) is 58.8 Å². The van der Waals surface area contributed by atoms with Crippen LogP contribution in [-0.4, -0.2) is 33.5 Å². The van der Waals surface area contributed by atoms with Crippen molar-refractivity contribution in [1.29, 1.82) is 0 Å². The summed E-state index contributed by atoms with van der Waals surface area (Å²) in [6.07, 6.45) is 1.95. The van der Waals surface area contributed by atoms with E-state index in [4.69, 9.17) is 0 Å². The van der Waals surface area contributed by atoms with Crippen LogP contribution in [0, 0.1) is 0 Å². The number of pyridine rings is 1. The number of fused-ring (bicyclic) bond motifs is 3. The topological polar surface area (TPSA) is 54.7 Å². The number of aromatic nitrogens is 2. The Hall–Kier alpha value is -2.99. The second-order valence-corrected chi connectivity index (χ2v) is 7.52. The Balaban J connectivity index is 1.99. The summed E-state index contributed by atoms with van der Waals surface area (Å²) in [4.78, 5) is 27.8. The first-order chi connectivity index (χ1) is 13.6. The van der Waals surface area contributed by atoms with Crippen LogP contribution in [0.1, 0.15) is 19.4 Å². The monoisotopic (exact) mass is 391 g/mol. The van der Waals surface area contributed by atoms with E-state index in [1.54, 1.807) is 17.5 Å². The summed E-state index contributed by atoms with van der Waals surface area (Å²) >= 11 is 1.56. The lowest BCUT2D eigenvalue weighted by Gasteiger charge is -2.19. The third-order valence-electron chi connectivity index (χ3n) is 5.02. The first-order valence-electron chi connectivity index (χ1n) is 9.38. The highest BCUT2D eigenvalue weighted by atomic mass is 32.1. The largest absolute Gasteiger partial charge is 0.343 e. The van der Waals surface area contributed by atoms with Crippen LogP contribution >= 0.6 is 11.3 Å². The Labute approximate surface area is 166 Å². The molecule has 6 heteroatoms. The summed E-state index contributed by atoms with van der Waals surface area (Å²) in [6, 6.07) is 13.4. The van der Waals surface area contributed by atoms with Crippen LogP contribution in [0.25, 0.3) is 26.7 Å². The molecule has 4 aromatic rings. The molecule has 142 valence electrons. The smallest absolute Gasteiger partial charge is 0.279 e. The highest BCUT2D eigenvalue weighted by Gasteiger charge is 2.19. The third kappa shape index (κ3) is 3.10. The van der Waals surface area contributed by atoms with Gasteiger partial charge in [-0.2, -0.15) is 9.61 Å². The fraction of sp³-hybridized carbons (Fsp3) is 0.227. The number of hydrogen-bond donors (Lipinski definition) is 0. The Bertz CT molecular complexity index is 1210. The van der Waals surface area contributed by atoms with Gasteiger partial charge in [0.25, 0.3) is 5.56 Å². The van der Waals surface area contributed by atoms with Crippen LogP contribution in [0.2, 0.25) is 0 Å². The maximum atomic E-state index is 13.2. The molecule has 5 nitrogen and oxygen atoms in total. The highest BCUT2D eigenvalue weighted by molar-refractivity contribution is 7.18. The minimum absolute atomic E-state index is 0.0538. The minimum Gasteiger partial charge on any atom is -0.343 e. The molecule has 0 unspecified atom stereocenters. The van der Waals surface area contributed by atoms with Crippen molar-refractivity contribution in [3.63, 3.8) is 0 Å². The normalized spacial score (nSPS) is 11.2. The molecular weight excluding hydrogens is 370 g/mol. The molecule has 0 radical (unpaired) electrons. The molecule has 0 N–H and O–H groups in total. The Morgan fingerprint density at radius 3 is 2.61 bits per heavy atom. The fourth-order valence-corrected chi connectivity index (χ4v) is 4.49. The first-order valence-corrected chi connectivity index (χ1v) is 10.3. The maximum absolute atomic E-state index is 13.2. The van der Waals surface area contributed by atoms with Gasteiger partial charge in [0.15, 0.2) is 0 Å². The summed E-state index contributed by atoms with van der Waals surface area (Å²) in [7, 11) is 0. The molecule has 0 bridgehead atoms. The van der Waals surface area contributed by atoms with Gasteiger partial charge >= 0.3 is 0 Å². The second kappa shape index (κ2) is 7.56. The van der Waals surface area contributed by atoms with Gasteiger partial charge in [-0.3, -0.25) is 9.59 Å². The zero-order valence-electron chi connectivity index (χ0n) is 15.9. The number of nitrogens with zero attached hydrogens (tertiary/aromatic N) is 3. The molecule has 0 fully saturated rings. The number of rotatable bonds is 5. The molecular formula is C22H21N3O2S. The van der Waals surface area contributed by atoms with Gasteiger partial charge in [-0.1, -0.05) is 30.3 Å². The summed E-state index contributed by atoms with van der Waals surface area (Å²) in [5.74, 6) is 0.0538. The van der Waals surface area contributed by atoms with Crippen molar-refractivity contribution >= 4 is 32.8 Å². The summed E-state index contributed by atoms with van der Waals surface area (Å²) in [6.45, 7) is 5.28. The van der Waals surface area contributed by atoms with Crippen LogP contribution in [0.3, 0.4) is 0 Å². The highest BCUT2D eigenvalue weighted by Crippen LogP contribution is 2.29. The molecule has 0 spiro atoms. The average molecular weight is 391 g/mol. The molecule has 1 aromatic carbocycles. The van der Waals surface area contributed by atoms with Gasteiger partial charge in [-0.15, -0.1) is 11.3 Å². The van der Waals surface area contributed by atoms with Crippen LogP contribution in [-0.2, 0) is 11.2 Å². The lowest BCUT2D eigenvalue weighted by Crippen LogP contribution is -2.32. The zero-order chi connectivity index (χ0) is 19.7. The Morgan fingerprint density at radius 1 is 1.14 bits per heavy atom. The van der Waals surface area contributed by atoms with E-state index in [0.717, 1.165) is 26.7 Å². The van der Waals surface area contributed by atoms with E-state index in [2.05, 4.69) is 5.10 Å². The number of hydrogen-bond acceptors (Lipinski definition) is 4. The molecule has 0 atom stereocenters. The summed E-state index contributed by atoms with van der Waals surface area (Å²) in [5.41, 5.74) is 2.78. The standard InChI is InChI=1S/C22H21N3O2S/c1-3-24(4-2)19(26)13-17-12-18(15-8-6-5-7-9-15)22(27)25-20(17)21-16(14-23-25)10-11-28-21/h5-12,14H,3-4,13H2,1-2H3.